The van der Waals surface area contributed by atoms with Crippen molar-refractivity contribution in [2.45, 2.75) is 30.6 Å². The lowest BCUT2D eigenvalue weighted by atomic mass is 10.2. The molecule has 1 aliphatic heterocycles. The molecule has 1 atom stereocenters. The highest BCUT2D eigenvalue weighted by Gasteiger charge is 2.20. The molecule has 0 aliphatic carbocycles. The number of thioether (sulfide) groups is 1. The summed E-state index contributed by atoms with van der Waals surface area (Å²) >= 11 is 7.36. The Hall–Kier alpha value is -1.08. The fourth-order valence-corrected chi connectivity index (χ4v) is 3.49. The van der Waals surface area contributed by atoms with Crippen molar-refractivity contribution in [2.24, 2.45) is 0 Å². The Morgan fingerprint density at radius 3 is 3.09 bits per heavy atom. The Labute approximate surface area is 137 Å². The Bertz CT molecular complexity index is 729. The molecule has 3 rings (SSSR count). The van der Waals surface area contributed by atoms with Gasteiger partial charge in [0.1, 0.15) is 0 Å². The minimum Gasteiger partial charge on any atom is -0.396 e. The summed E-state index contributed by atoms with van der Waals surface area (Å²) in [6.07, 6.45) is 2.03. The fourth-order valence-electron chi connectivity index (χ4n) is 2.57. The summed E-state index contributed by atoms with van der Waals surface area (Å²) in [5, 5.41) is 10.8. The number of hydrogen-bond donors (Lipinski definition) is 1. The molecule has 5 nitrogen and oxygen atoms in total. The number of aliphatic hydroxyl groups excluding tert-OH is 1. The van der Waals surface area contributed by atoms with Gasteiger partial charge in [0.05, 0.1) is 30.2 Å². The van der Waals surface area contributed by atoms with Crippen LogP contribution in [0.15, 0.2) is 28.2 Å². The van der Waals surface area contributed by atoms with E-state index in [-0.39, 0.29) is 18.3 Å². The molecule has 1 fully saturated rings. The van der Waals surface area contributed by atoms with Crippen molar-refractivity contribution in [2.75, 3.05) is 19.0 Å². The van der Waals surface area contributed by atoms with Gasteiger partial charge in [0, 0.05) is 17.4 Å². The first-order valence-electron chi connectivity index (χ1n) is 7.24. The second-order valence-corrected chi connectivity index (χ2v) is 6.68. The Morgan fingerprint density at radius 1 is 1.50 bits per heavy atom. The highest BCUT2D eigenvalue weighted by atomic mass is 35.5. The maximum atomic E-state index is 12.8. The van der Waals surface area contributed by atoms with Gasteiger partial charge in [-0.25, -0.2) is 4.98 Å². The van der Waals surface area contributed by atoms with Crippen LogP contribution in [0.3, 0.4) is 0 Å². The molecule has 118 valence electrons. The summed E-state index contributed by atoms with van der Waals surface area (Å²) in [4.78, 5) is 17.3. The molecule has 0 saturated carbocycles. The number of rotatable bonds is 5. The molecule has 0 unspecified atom stereocenters. The third kappa shape index (κ3) is 3.30. The van der Waals surface area contributed by atoms with Gasteiger partial charge in [0.25, 0.3) is 5.56 Å². The molecule has 1 aliphatic rings. The topological polar surface area (TPSA) is 64.3 Å². The van der Waals surface area contributed by atoms with Crippen LogP contribution in [0.2, 0.25) is 5.02 Å². The van der Waals surface area contributed by atoms with Gasteiger partial charge in [-0.15, -0.1) is 0 Å². The van der Waals surface area contributed by atoms with Gasteiger partial charge < -0.3 is 9.84 Å². The van der Waals surface area contributed by atoms with Crippen molar-refractivity contribution in [3.63, 3.8) is 0 Å². The number of halogens is 1. The van der Waals surface area contributed by atoms with E-state index in [9.17, 15) is 4.79 Å². The van der Waals surface area contributed by atoms with Crippen LogP contribution < -0.4 is 5.56 Å². The number of benzene rings is 1. The molecular weight excluding hydrogens is 324 g/mol. The number of fused-ring (bicyclic) bond motifs is 1. The van der Waals surface area contributed by atoms with Gasteiger partial charge >= 0.3 is 0 Å². The predicted octanol–water partition coefficient (Wildman–Crippen LogP) is 2.31. The molecule has 0 radical (unpaired) electrons. The second kappa shape index (κ2) is 7.00. The number of nitrogens with zero attached hydrogens (tertiary/aromatic N) is 2. The van der Waals surface area contributed by atoms with E-state index in [1.165, 1.54) is 11.8 Å². The van der Waals surface area contributed by atoms with Crippen LogP contribution in [-0.2, 0) is 11.3 Å². The summed E-state index contributed by atoms with van der Waals surface area (Å²) in [6.45, 7) is 1.28. The van der Waals surface area contributed by atoms with E-state index in [0.29, 0.717) is 33.4 Å². The molecule has 2 aromatic rings. The molecular formula is C15H17ClN2O3S. The standard InChI is InChI=1S/C15H17ClN2O3S/c16-10-3-4-12-13(8-10)17-15(22-7-5-19)18(14(12)20)9-11-2-1-6-21-11/h3-4,8,11,19H,1-2,5-7,9H2/t11-/m0/s1. The van der Waals surface area contributed by atoms with E-state index >= 15 is 0 Å². The van der Waals surface area contributed by atoms with Crippen LogP contribution in [0.1, 0.15) is 12.8 Å². The molecule has 22 heavy (non-hydrogen) atoms. The minimum atomic E-state index is -0.0855. The average Bonchev–Trinajstić information content (AvgIpc) is 3.01. The van der Waals surface area contributed by atoms with Crippen molar-refractivity contribution in [1.29, 1.82) is 0 Å². The highest BCUT2D eigenvalue weighted by molar-refractivity contribution is 7.99. The molecule has 7 heteroatoms. The van der Waals surface area contributed by atoms with Gasteiger partial charge in [-0.3, -0.25) is 9.36 Å². The first-order valence-corrected chi connectivity index (χ1v) is 8.61. The monoisotopic (exact) mass is 340 g/mol. The fraction of sp³-hybridized carbons (Fsp3) is 0.467. The van der Waals surface area contributed by atoms with Gasteiger partial charge in [-0.2, -0.15) is 0 Å². The van der Waals surface area contributed by atoms with E-state index in [1.54, 1.807) is 22.8 Å². The molecule has 1 saturated heterocycles. The van der Waals surface area contributed by atoms with Gasteiger partial charge in [-0.05, 0) is 31.0 Å². The Balaban J connectivity index is 2.06. The molecule has 0 bridgehead atoms. The number of aromatic nitrogens is 2. The van der Waals surface area contributed by atoms with E-state index in [2.05, 4.69) is 4.98 Å². The summed E-state index contributed by atoms with van der Waals surface area (Å²) in [5.41, 5.74) is 0.499. The largest absolute Gasteiger partial charge is 0.396 e. The van der Waals surface area contributed by atoms with Crippen molar-refractivity contribution < 1.29 is 9.84 Å². The maximum absolute atomic E-state index is 12.8. The molecule has 0 amide bonds. The summed E-state index contributed by atoms with van der Waals surface area (Å²) in [7, 11) is 0. The lowest BCUT2D eigenvalue weighted by Gasteiger charge is -2.16. The van der Waals surface area contributed by atoms with Crippen molar-refractivity contribution in [3.05, 3.63) is 33.6 Å². The smallest absolute Gasteiger partial charge is 0.262 e. The van der Waals surface area contributed by atoms with Crippen LogP contribution in [0.4, 0.5) is 0 Å². The third-order valence-electron chi connectivity index (χ3n) is 3.61. The minimum absolute atomic E-state index is 0.0358. The third-order valence-corrected chi connectivity index (χ3v) is 4.81. The van der Waals surface area contributed by atoms with Crippen molar-refractivity contribution in [3.8, 4) is 0 Å². The number of aliphatic hydroxyl groups is 1. The Morgan fingerprint density at radius 2 is 2.36 bits per heavy atom. The summed E-state index contributed by atoms with van der Waals surface area (Å²) in [6, 6.07) is 5.10. The van der Waals surface area contributed by atoms with E-state index < -0.39 is 0 Å². The lowest BCUT2D eigenvalue weighted by molar-refractivity contribution is 0.0937. The van der Waals surface area contributed by atoms with Crippen molar-refractivity contribution >= 4 is 34.3 Å². The SMILES string of the molecule is O=c1c2ccc(Cl)cc2nc(SCCO)n1C[C@@H]1CCCO1. The van der Waals surface area contributed by atoms with E-state index in [0.717, 1.165) is 19.4 Å². The zero-order valence-electron chi connectivity index (χ0n) is 12.0. The summed E-state index contributed by atoms with van der Waals surface area (Å²) < 4.78 is 7.29. The maximum Gasteiger partial charge on any atom is 0.262 e. The quantitative estimate of drug-likeness (QED) is 0.668. The molecule has 2 heterocycles. The van der Waals surface area contributed by atoms with Crippen LogP contribution in [0.5, 0.6) is 0 Å². The van der Waals surface area contributed by atoms with Crippen molar-refractivity contribution in [1.82, 2.24) is 9.55 Å². The van der Waals surface area contributed by atoms with Crippen LogP contribution >= 0.6 is 23.4 Å². The molecule has 1 aromatic heterocycles. The first kappa shape index (κ1) is 15.8. The van der Waals surface area contributed by atoms with Crippen LogP contribution in [0.25, 0.3) is 10.9 Å². The number of ether oxygens (including phenoxy) is 1. The molecule has 1 aromatic carbocycles. The number of hydrogen-bond acceptors (Lipinski definition) is 5. The van der Waals surface area contributed by atoms with Crippen LogP contribution in [-0.4, -0.2) is 39.7 Å². The van der Waals surface area contributed by atoms with Gasteiger partial charge in [0.2, 0.25) is 0 Å². The van der Waals surface area contributed by atoms with Crippen LogP contribution in [0, 0.1) is 0 Å². The molecule has 0 spiro atoms. The lowest BCUT2D eigenvalue weighted by Crippen LogP contribution is -2.29. The Kier molecular flexibility index (Phi) is 5.03. The van der Waals surface area contributed by atoms with E-state index in [1.807, 2.05) is 0 Å². The van der Waals surface area contributed by atoms with Gasteiger partial charge in [-0.1, -0.05) is 23.4 Å². The first-order chi connectivity index (χ1) is 10.7. The zero-order chi connectivity index (χ0) is 15.5. The highest BCUT2D eigenvalue weighted by Crippen LogP contribution is 2.22. The zero-order valence-corrected chi connectivity index (χ0v) is 13.6. The average molecular weight is 341 g/mol. The normalized spacial score (nSPS) is 18.2. The second-order valence-electron chi connectivity index (χ2n) is 5.18. The predicted molar refractivity (Wildman–Crippen MR) is 87.8 cm³/mol. The van der Waals surface area contributed by atoms with E-state index in [4.69, 9.17) is 21.4 Å². The molecule has 1 N–H and O–H groups in total. The summed E-state index contributed by atoms with van der Waals surface area (Å²) in [5.74, 6) is 0.490. The van der Waals surface area contributed by atoms with Gasteiger partial charge in [0.15, 0.2) is 5.16 Å².